The molecule has 1 heterocycles. The molecule has 0 saturated heterocycles. The first kappa shape index (κ1) is 7.24. The van der Waals surface area contributed by atoms with Crippen molar-refractivity contribution in [3.8, 4) is 0 Å². The average molecular weight is 178 g/mol. The lowest BCUT2D eigenvalue weighted by atomic mass is 10.3. The molecule has 0 fully saturated rings. The van der Waals surface area contributed by atoms with Gasteiger partial charge >= 0.3 is 0 Å². The van der Waals surface area contributed by atoms with Crippen molar-refractivity contribution in [2.45, 2.75) is 0 Å². The maximum Gasteiger partial charge on any atom is 0.178 e. The molecular formula is C8H6N2OS. The summed E-state index contributed by atoms with van der Waals surface area (Å²) in [6.45, 7) is 0. The van der Waals surface area contributed by atoms with Gasteiger partial charge in [0, 0.05) is 0 Å². The van der Waals surface area contributed by atoms with Gasteiger partial charge in [-0.3, -0.25) is 4.79 Å². The van der Waals surface area contributed by atoms with E-state index in [1.165, 1.54) is 11.3 Å². The highest BCUT2D eigenvalue weighted by atomic mass is 32.1. The Kier molecular flexibility index (Phi) is 1.55. The lowest BCUT2D eigenvalue weighted by molar-refractivity contribution is 0.112. The van der Waals surface area contributed by atoms with Crippen LogP contribution in [0.1, 0.15) is 9.80 Å². The molecule has 0 unspecified atom stereocenters. The number of nitrogens with zero attached hydrogens (tertiary/aromatic N) is 1. The van der Waals surface area contributed by atoms with Crippen LogP contribution in [0.15, 0.2) is 18.2 Å². The van der Waals surface area contributed by atoms with Crippen LogP contribution in [0.2, 0.25) is 0 Å². The Bertz CT molecular complexity index is 436. The summed E-state index contributed by atoms with van der Waals surface area (Å²) in [7, 11) is 0. The molecule has 0 spiro atoms. The van der Waals surface area contributed by atoms with Crippen LogP contribution in [0, 0.1) is 0 Å². The first-order valence-electron chi connectivity index (χ1n) is 3.41. The van der Waals surface area contributed by atoms with Crippen molar-refractivity contribution >= 4 is 33.5 Å². The fraction of sp³-hybridized carbons (Fsp3) is 0. The summed E-state index contributed by atoms with van der Waals surface area (Å²) in [5, 5.41) is 0.475. The van der Waals surface area contributed by atoms with E-state index in [0.29, 0.717) is 10.7 Å². The molecule has 2 aromatic rings. The predicted octanol–water partition coefficient (Wildman–Crippen LogP) is 1.69. The summed E-state index contributed by atoms with van der Waals surface area (Å²) in [4.78, 5) is 14.5. The maximum atomic E-state index is 10.4. The normalized spacial score (nSPS) is 10.3. The van der Waals surface area contributed by atoms with Gasteiger partial charge in [-0.2, -0.15) is 0 Å². The smallest absolute Gasteiger partial charge is 0.178 e. The molecule has 0 saturated carbocycles. The molecule has 0 radical (unpaired) electrons. The number of rotatable bonds is 1. The third-order valence-corrected chi connectivity index (χ3v) is 2.51. The van der Waals surface area contributed by atoms with E-state index in [1.807, 2.05) is 12.1 Å². The lowest BCUT2D eigenvalue weighted by Crippen LogP contribution is -1.85. The second-order valence-corrected chi connectivity index (χ2v) is 3.43. The van der Waals surface area contributed by atoms with Gasteiger partial charge in [-0.1, -0.05) is 6.07 Å². The number of carbonyl (C=O) groups is 1. The Hall–Kier alpha value is -1.42. The largest absolute Gasteiger partial charge is 0.397 e. The van der Waals surface area contributed by atoms with Gasteiger partial charge in [-0.25, -0.2) is 4.98 Å². The van der Waals surface area contributed by atoms with Gasteiger partial charge in [0.1, 0.15) is 5.52 Å². The van der Waals surface area contributed by atoms with E-state index in [4.69, 9.17) is 5.73 Å². The van der Waals surface area contributed by atoms with Gasteiger partial charge in [-0.05, 0) is 12.1 Å². The molecular weight excluding hydrogens is 172 g/mol. The van der Waals surface area contributed by atoms with E-state index in [0.717, 1.165) is 16.5 Å². The number of aromatic nitrogens is 1. The highest BCUT2D eigenvalue weighted by Crippen LogP contribution is 2.24. The Morgan fingerprint density at radius 2 is 2.33 bits per heavy atom. The van der Waals surface area contributed by atoms with Gasteiger partial charge in [-0.15, -0.1) is 11.3 Å². The van der Waals surface area contributed by atoms with Crippen molar-refractivity contribution in [3.05, 3.63) is 23.2 Å². The summed E-state index contributed by atoms with van der Waals surface area (Å²) in [5.74, 6) is 0. The SMILES string of the molecule is Nc1cccc2sc(C=O)nc12. The number of aldehydes is 1. The van der Waals surface area contributed by atoms with Crippen molar-refractivity contribution in [3.63, 3.8) is 0 Å². The summed E-state index contributed by atoms with van der Waals surface area (Å²) in [6.07, 6.45) is 0.740. The topological polar surface area (TPSA) is 56.0 Å². The number of nitrogen functional groups attached to an aromatic ring is 1. The number of nitrogens with two attached hydrogens (primary N) is 1. The van der Waals surface area contributed by atoms with Gasteiger partial charge < -0.3 is 5.73 Å². The Balaban J connectivity index is 2.82. The monoisotopic (exact) mass is 178 g/mol. The minimum atomic E-state index is 0.475. The van der Waals surface area contributed by atoms with Gasteiger partial charge in [0.15, 0.2) is 11.3 Å². The van der Waals surface area contributed by atoms with Gasteiger partial charge in [0.2, 0.25) is 0 Å². The third kappa shape index (κ3) is 0.967. The number of anilines is 1. The van der Waals surface area contributed by atoms with Crippen LogP contribution in [0.4, 0.5) is 5.69 Å². The molecule has 0 aliphatic rings. The molecule has 12 heavy (non-hydrogen) atoms. The van der Waals surface area contributed by atoms with Crippen LogP contribution in [0.25, 0.3) is 10.2 Å². The van der Waals surface area contributed by atoms with Gasteiger partial charge in [0.25, 0.3) is 0 Å². The number of benzene rings is 1. The Morgan fingerprint density at radius 1 is 1.50 bits per heavy atom. The van der Waals surface area contributed by atoms with Crippen LogP contribution in [-0.2, 0) is 0 Å². The molecule has 0 aliphatic heterocycles. The second kappa shape index (κ2) is 2.57. The average Bonchev–Trinajstić information content (AvgIpc) is 2.49. The van der Waals surface area contributed by atoms with E-state index in [2.05, 4.69) is 4.98 Å². The van der Waals surface area contributed by atoms with Crippen molar-refractivity contribution in [2.75, 3.05) is 5.73 Å². The summed E-state index contributed by atoms with van der Waals surface area (Å²) in [5.41, 5.74) is 7.00. The third-order valence-electron chi connectivity index (χ3n) is 1.57. The number of hydrogen-bond donors (Lipinski definition) is 1. The zero-order chi connectivity index (χ0) is 8.55. The molecule has 1 aromatic heterocycles. The molecule has 60 valence electrons. The molecule has 2 rings (SSSR count). The van der Waals surface area contributed by atoms with E-state index >= 15 is 0 Å². The van der Waals surface area contributed by atoms with Crippen molar-refractivity contribution in [2.24, 2.45) is 0 Å². The van der Waals surface area contributed by atoms with E-state index in [9.17, 15) is 4.79 Å². The highest BCUT2D eigenvalue weighted by Gasteiger charge is 2.03. The standard InChI is InChI=1S/C8H6N2OS/c9-5-2-1-3-6-8(5)10-7(4-11)12-6/h1-4H,9H2. The summed E-state index contributed by atoms with van der Waals surface area (Å²) >= 11 is 1.35. The minimum Gasteiger partial charge on any atom is -0.397 e. The van der Waals surface area contributed by atoms with Crippen LogP contribution < -0.4 is 5.73 Å². The molecule has 0 atom stereocenters. The first-order valence-corrected chi connectivity index (χ1v) is 4.23. The Morgan fingerprint density at radius 3 is 3.00 bits per heavy atom. The Labute approximate surface area is 72.8 Å². The molecule has 0 aliphatic carbocycles. The molecule has 1 aromatic carbocycles. The summed E-state index contributed by atoms with van der Waals surface area (Å²) in [6, 6.07) is 5.53. The van der Waals surface area contributed by atoms with Crippen molar-refractivity contribution in [1.82, 2.24) is 4.98 Å². The first-order chi connectivity index (χ1) is 5.81. The van der Waals surface area contributed by atoms with Crippen molar-refractivity contribution in [1.29, 1.82) is 0 Å². The fourth-order valence-corrected chi connectivity index (χ4v) is 1.85. The predicted molar refractivity (Wildman–Crippen MR) is 49.4 cm³/mol. The molecule has 0 bridgehead atoms. The minimum absolute atomic E-state index is 0.475. The van der Waals surface area contributed by atoms with E-state index in [-0.39, 0.29) is 0 Å². The maximum absolute atomic E-state index is 10.4. The quantitative estimate of drug-likeness (QED) is 0.534. The number of para-hydroxylation sites is 1. The van der Waals surface area contributed by atoms with Crippen LogP contribution in [-0.4, -0.2) is 11.3 Å². The van der Waals surface area contributed by atoms with Crippen molar-refractivity contribution < 1.29 is 4.79 Å². The van der Waals surface area contributed by atoms with Crippen LogP contribution in [0.3, 0.4) is 0 Å². The van der Waals surface area contributed by atoms with Crippen LogP contribution >= 0.6 is 11.3 Å². The summed E-state index contributed by atoms with van der Waals surface area (Å²) < 4.78 is 0.956. The number of fused-ring (bicyclic) bond motifs is 1. The highest BCUT2D eigenvalue weighted by molar-refractivity contribution is 7.20. The molecule has 2 N–H and O–H groups in total. The number of thiazole rings is 1. The molecule has 0 amide bonds. The fourth-order valence-electron chi connectivity index (χ4n) is 1.04. The second-order valence-electron chi connectivity index (χ2n) is 2.36. The van der Waals surface area contributed by atoms with E-state index in [1.54, 1.807) is 6.07 Å². The lowest BCUT2D eigenvalue weighted by Gasteiger charge is -1.90. The number of carbonyl (C=O) groups excluding carboxylic acids is 1. The molecule has 4 heteroatoms. The zero-order valence-electron chi connectivity index (χ0n) is 6.15. The van der Waals surface area contributed by atoms with E-state index < -0.39 is 0 Å². The van der Waals surface area contributed by atoms with Crippen LogP contribution in [0.5, 0.6) is 0 Å². The number of hydrogen-bond acceptors (Lipinski definition) is 4. The van der Waals surface area contributed by atoms with Gasteiger partial charge in [0.05, 0.1) is 10.4 Å². The molecule has 3 nitrogen and oxygen atoms in total. The zero-order valence-corrected chi connectivity index (χ0v) is 6.97.